The number of sulfone groups is 1. The zero-order valence-electron chi connectivity index (χ0n) is 20.6. The van der Waals surface area contributed by atoms with Crippen LogP contribution in [0.15, 0.2) is 36.4 Å². The van der Waals surface area contributed by atoms with Crippen LogP contribution in [0.2, 0.25) is 0 Å². The van der Waals surface area contributed by atoms with Crippen LogP contribution in [0.25, 0.3) is 0 Å². The quantitative estimate of drug-likeness (QED) is 0.267. The third-order valence-corrected chi connectivity index (χ3v) is 7.36. The van der Waals surface area contributed by atoms with Crippen LogP contribution < -0.4 is 10.6 Å². The standard InChI is InChI=1S/C23H22F7IN2O4S.ClH/c1-12-10-13(21(24,22(25,26)27)23(28,29)30)8-9-16(12)32-18(34)14-6-5-7-15(31)17(14)19(35)33-20(2,3)11-38(4,36)37;/h5-10H,11H2,1-4H3,(H,32,34)(H,33,35);1H. The predicted octanol–water partition coefficient (Wildman–Crippen LogP) is 6.12. The largest absolute Gasteiger partial charge is 0.435 e. The molecule has 218 valence electrons. The summed E-state index contributed by atoms with van der Waals surface area (Å²) in [5.41, 5.74) is -9.45. The van der Waals surface area contributed by atoms with Crippen molar-refractivity contribution in [2.75, 3.05) is 17.3 Å². The summed E-state index contributed by atoms with van der Waals surface area (Å²) in [6.07, 6.45) is -11.6. The smallest absolute Gasteiger partial charge is 0.346 e. The van der Waals surface area contributed by atoms with Gasteiger partial charge in [-0.25, -0.2) is 12.8 Å². The van der Waals surface area contributed by atoms with Crippen molar-refractivity contribution >= 4 is 62.3 Å². The molecule has 0 bridgehead atoms. The van der Waals surface area contributed by atoms with Gasteiger partial charge in [-0.2, -0.15) is 26.3 Å². The van der Waals surface area contributed by atoms with E-state index in [2.05, 4.69) is 10.6 Å². The SMILES string of the molecule is Cc1cc(C(F)(C(F)(F)F)C(F)(F)F)ccc1NC(=O)c1cccc(I)c1C(=O)NC(C)(C)CS(C)(=O)=O.Cl. The molecule has 0 aromatic heterocycles. The first-order valence-corrected chi connectivity index (χ1v) is 13.7. The van der Waals surface area contributed by atoms with Crippen molar-refractivity contribution in [1.82, 2.24) is 5.32 Å². The molecule has 2 rings (SSSR count). The Morgan fingerprint density at radius 1 is 0.923 bits per heavy atom. The third kappa shape index (κ3) is 7.96. The second kappa shape index (κ2) is 11.8. The van der Waals surface area contributed by atoms with Gasteiger partial charge >= 0.3 is 18.0 Å². The number of hydrogen-bond acceptors (Lipinski definition) is 4. The molecule has 0 saturated carbocycles. The first kappa shape index (κ1) is 34.9. The lowest BCUT2D eigenvalue weighted by atomic mass is 9.92. The van der Waals surface area contributed by atoms with Crippen LogP contribution in [0.5, 0.6) is 0 Å². The molecule has 0 spiro atoms. The maximum Gasteiger partial charge on any atom is 0.435 e. The number of hydrogen-bond donors (Lipinski definition) is 2. The normalized spacial score (nSPS) is 12.9. The zero-order valence-corrected chi connectivity index (χ0v) is 24.4. The van der Waals surface area contributed by atoms with Crippen LogP contribution in [-0.2, 0) is 15.5 Å². The van der Waals surface area contributed by atoms with E-state index in [1.807, 2.05) is 0 Å². The lowest BCUT2D eigenvalue weighted by Crippen LogP contribution is -2.50. The molecule has 2 N–H and O–H groups in total. The summed E-state index contributed by atoms with van der Waals surface area (Å²) in [5.74, 6) is -2.14. The number of aryl methyl sites for hydroxylation is 1. The fraction of sp³-hybridized carbons (Fsp3) is 0.391. The fourth-order valence-electron chi connectivity index (χ4n) is 3.70. The lowest BCUT2D eigenvalue weighted by molar-refractivity contribution is -0.348. The van der Waals surface area contributed by atoms with Crippen LogP contribution in [-0.4, -0.2) is 50.1 Å². The van der Waals surface area contributed by atoms with E-state index in [0.717, 1.165) is 13.2 Å². The van der Waals surface area contributed by atoms with Gasteiger partial charge in [-0.3, -0.25) is 9.59 Å². The van der Waals surface area contributed by atoms with Gasteiger partial charge in [-0.05, 0) is 67.1 Å². The Bertz CT molecular complexity index is 1350. The van der Waals surface area contributed by atoms with E-state index in [9.17, 15) is 48.7 Å². The van der Waals surface area contributed by atoms with Gasteiger partial charge in [-0.15, -0.1) is 12.4 Å². The molecule has 2 aromatic rings. The van der Waals surface area contributed by atoms with Crippen molar-refractivity contribution in [3.8, 4) is 0 Å². The van der Waals surface area contributed by atoms with E-state index in [1.165, 1.54) is 32.0 Å². The average molecular weight is 719 g/mol. The minimum Gasteiger partial charge on any atom is -0.346 e. The number of halogens is 9. The molecule has 2 aromatic carbocycles. The molecule has 0 unspecified atom stereocenters. The van der Waals surface area contributed by atoms with E-state index < -0.39 is 56.5 Å². The van der Waals surface area contributed by atoms with Gasteiger partial charge < -0.3 is 10.6 Å². The Morgan fingerprint density at radius 3 is 1.92 bits per heavy atom. The number of rotatable bonds is 7. The van der Waals surface area contributed by atoms with E-state index in [4.69, 9.17) is 0 Å². The van der Waals surface area contributed by atoms with E-state index in [0.29, 0.717) is 15.7 Å². The summed E-state index contributed by atoms with van der Waals surface area (Å²) in [7, 11) is -3.49. The summed E-state index contributed by atoms with van der Waals surface area (Å²) in [5, 5.41) is 4.84. The predicted molar refractivity (Wildman–Crippen MR) is 142 cm³/mol. The minimum absolute atomic E-state index is 0. The third-order valence-electron chi connectivity index (χ3n) is 5.21. The molecular weight excluding hydrogens is 696 g/mol. The molecule has 0 aliphatic heterocycles. The monoisotopic (exact) mass is 718 g/mol. The molecule has 0 fully saturated rings. The molecular formula is C23H23ClF7IN2O4S. The number of amides is 2. The highest BCUT2D eigenvalue weighted by molar-refractivity contribution is 14.1. The number of benzene rings is 2. The Balaban J connectivity index is 0.00000760. The van der Waals surface area contributed by atoms with E-state index >= 15 is 0 Å². The van der Waals surface area contributed by atoms with Crippen LogP contribution in [0.4, 0.5) is 36.4 Å². The summed E-state index contributed by atoms with van der Waals surface area (Å²) in [4.78, 5) is 26.0. The summed E-state index contributed by atoms with van der Waals surface area (Å²) in [6.45, 7) is 3.99. The van der Waals surface area contributed by atoms with Crippen molar-refractivity contribution in [3.05, 3.63) is 62.2 Å². The molecule has 0 radical (unpaired) electrons. The number of nitrogens with one attached hydrogen (secondary N) is 2. The van der Waals surface area contributed by atoms with Gasteiger partial charge in [-0.1, -0.05) is 18.2 Å². The topological polar surface area (TPSA) is 92.3 Å². The summed E-state index contributed by atoms with van der Waals surface area (Å²) >= 11 is 1.77. The Kier molecular flexibility index (Phi) is 10.5. The maximum absolute atomic E-state index is 14.4. The maximum atomic E-state index is 14.4. The van der Waals surface area contributed by atoms with Crippen molar-refractivity contribution in [3.63, 3.8) is 0 Å². The van der Waals surface area contributed by atoms with E-state index in [1.54, 1.807) is 22.6 Å². The molecule has 0 atom stereocenters. The van der Waals surface area contributed by atoms with E-state index in [-0.39, 0.29) is 40.9 Å². The second-order valence-electron chi connectivity index (χ2n) is 9.21. The molecule has 2 amide bonds. The van der Waals surface area contributed by atoms with Crippen LogP contribution in [0.3, 0.4) is 0 Å². The van der Waals surface area contributed by atoms with Crippen LogP contribution in [0.1, 0.15) is 45.7 Å². The van der Waals surface area contributed by atoms with Gasteiger partial charge in [0.15, 0.2) is 0 Å². The average Bonchev–Trinajstić information content (AvgIpc) is 2.70. The second-order valence-corrected chi connectivity index (χ2v) is 12.5. The summed E-state index contributed by atoms with van der Waals surface area (Å²) < 4.78 is 117. The highest BCUT2D eigenvalue weighted by Gasteiger charge is 2.73. The van der Waals surface area contributed by atoms with Gasteiger partial charge in [0.1, 0.15) is 9.84 Å². The van der Waals surface area contributed by atoms with Crippen LogP contribution in [0, 0.1) is 10.5 Å². The summed E-state index contributed by atoms with van der Waals surface area (Å²) in [6, 6.07) is 5.45. The van der Waals surface area contributed by atoms with Crippen molar-refractivity contribution in [1.29, 1.82) is 0 Å². The van der Waals surface area contributed by atoms with Gasteiger partial charge in [0.25, 0.3) is 11.8 Å². The van der Waals surface area contributed by atoms with Crippen molar-refractivity contribution < 1.29 is 48.7 Å². The minimum atomic E-state index is -6.30. The van der Waals surface area contributed by atoms with Gasteiger partial charge in [0, 0.05) is 26.6 Å². The number of carbonyl (C=O) groups excluding carboxylic acids is 2. The first-order chi connectivity index (χ1) is 17.0. The molecule has 0 heterocycles. The number of alkyl halides is 7. The van der Waals surface area contributed by atoms with Crippen LogP contribution >= 0.6 is 35.0 Å². The molecule has 0 aliphatic rings. The van der Waals surface area contributed by atoms with Crippen molar-refractivity contribution in [2.45, 2.75) is 44.3 Å². The number of anilines is 1. The van der Waals surface area contributed by atoms with Gasteiger partial charge in [0.05, 0.1) is 16.9 Å². The Labute approximate surface area is 239 Å². The highest BCUT2D eigenvalue weighted by Crippen LogP contribution is 2.53. The highest BCUT2D eigenvalue weighted by atomic mass is 127. The van der Waals surface area contributed by atoms with Crippen molar-refractivity contribution in [2.24, 2.45) is 0 Å². The molecule has 0 aliphatic carbocycles. The molecule has 6 nitrogen and oxygen atoms in total. The van der Waals surface area contributed by atoms with Gasteiger partial charge in [0.2, 0.25) is 0 Å². The Morgan fingerprint density at radius 2 is 1.46 bits per heavy atom. The number of carbonyl (C=O) groups is 2. The molecule has 16 heteroatoms. The molecule has 39 heavy (non-hydrogen) atoms. The lowest BCUT2D eigenvalue weighted by Gasteiger charge is -2.30. The first-order valence-electron chi connectivity index (χ1n) is 10.5. The molecule has 0 saturated heterocycles. The zero-order chi connectivity index (χ0) is 29.5. The fourth-order valence-corrected chi connectivity index (χ4v) is 5.83. The Hall–Kier alpha value is -2.14.